The van der Waals surface area contributed by atoms with Crippen LogP contribution in [-0.4, -0.2) is 24.2 Å². The summed E-state index contributed by atoms with van der Waals surface area (Å²) in [5.74, 6) is 2.26. The van der Waals surface area contributed by atoms with E-state index < -0.39 is 0 Å². The van der Waals surface area contributed by atoms with Crippen molar-refractivity contribution in [2.45, 2.75) is 0 Å². The zero-order valence-corrected chi connectivity index (χ0v) is 17.1. The molecule has 1 heterocycles. The van der Waals surface area contributed by atoms with Gasteiger partial charge < -0.3 is 25.3 Å². The van der Waals surface area contributed by atoms with E-state index in [1.807, 2.05) is 42.5 Å². The van der Waals surface area contributed by atoms with Gasteiger partial charge in [0.05, 0.1) is 24.9 Å². The van der Waals surface area contributed by atoms with Crippen LogP contribution in [0.2, 0.25) is 5.02 Å². The van der Waals surface area contributed by atoms with Crippen molar-refractivity contribution in [3.63, 3.8) is 0 Å². The molecule has 0 aliphatic heterocycles. The van der Waals surface area contributed by atoms with Crippen LogP contribution in [0.4, 0.5) is 17.2 Å². The number of nitrogens with zero attached hydrogens (tertiary/aromatic N) is 2. The predicted octanol–water partition coefficient (Wildman–Crippen LogP) is 5.42. The number of fused-ring (bicyclic) bond motifs is 1. The lowest BCUT2D eigenvalue weighted by molar-refractivity contribution is 0.396. The third-order valence-electron chi connectivity index (χ3n) is 4.53. The molecule has 152 valence electrons. The number of methoxy groups -OCH3 is 2. The minimum atomic E-state index is 0.238. The molecule has 0 aliphatic carbocycles. The Kier molecular flexibility index (Phi) is 5.45. The Bertz CT molecular complexity index is 1210. The number of benzene rings is 3. The fourth-order valence-electron chi connectivity index (χ4n) is 3.03. The molecular formula is C22H19ClN4O3. The van der Waals surface area contributed by atoms with Gasteiger partial charge in [-0.2, -0.15) is 4.98 Å². The van der Waals surface area contributed by atoms with Crippen molar-refractivity contribution in [3.8, 4) is 23.1 Å². The topological polar surface area (TPSA) is 91.5 Å². The number of rotatable bonds is 6. The first-order valence-corrected chi connectivity index (χ1v) is 9.43. The van der Waals surface area contributed by atoms with Gasteiger partial charge in [0.15, 0.2) is 5.82 Å². The minimum Gasteiger partial charge on any atom is -0.495 e. The third kappa shape index (κ3) is 3.75. The van der Waals surface area contributed by atoms with E-state index in [0.717, 1.165) is 10.8 Å². The predicted molar refractivity (Wildman–Crippen MR) is 118 cm³/mol. The maximum atomic E-state index is 6.30. The molecule has 0 saturated carbocycles. The molecule has 0 spiro atoms. The molecule has 0 amide bonds. The van der Waals surface area contributed by atoms with Crippen LogP contribution < -0.4 is 25.3 Å². The SMILES string of the molecule is COc1cc(OC)c(Nc2ncnc(Oc3cccc4ccccc34)c2N)cc1Cl. The van der Waals surface area contributed by atoms with E-state index in [9.17, 15) is 0 Å². The Morgan fingerprint density at radius 2 is 1.67 bits per heavy atom. The summed E-state index contributed by atoms with van der Waals surface area (Å²) in [7, 11) is 3.08. The summed E-state index contributed by atoms with van der Waals surface area (Å²) >= 11 is 6.25. The average Bonchev–Trinajstić information content (AvgIpc) is 2.77. The maximum absolute atomic E-state index is 6.30. The summed E-state index contributed by atoms with van der Waals surface area (Å²) in [5, 5.41) is 5.55. The second-order valence-corrected chi connectivity index (χ2v) is 6.74. The molecule has 0 saturated heterocycles. The smallest absolute Gasteiger partial charge is 0.248 e. The van der Waals surface area contributed by atoms with Crippen LogP contribution in [0.15, 0.2) is 60.9 Å². The van der Waals surface area contributed by atoms with Crippen molar-refractivity contribution in [2.75, 3.05) is 25.3 Å². The van der Waals surface area contributed by atoms with Crippen molar-refractivity contribution in [2.24, 2.45) is 0 Å². The van der Waals surface area contributed by atoms with Gasteiger partial charge in [0.1, 0.15) is 29.3 Å². The molecular weight excluding hydrogens is 404 g/mol. The van der Waals surface area contributed by atoms with Crippen molar-refractivity contribution in [1.82, 2.24) is 9.97 Å². The molecule has 7 nitrogen and oxygen atoms in total. The summed E-state index contributed by atoms with van der Waals surface area (Å²) in [6, 6.07) is 17.1. The number of ether oxygens (including phenoxy) is 3. The molecule has 1 aromatic heterocycles. The third-order valence-corrected chi connectivity index (χ3v) is 4.83. The van der Waals surface area contributed by atoms with Gasteiger partial charge in [-0.05, 0) is 17.5 Å². The van der Waals surface area contributed by atoms with Gasteiger partial charge in [0.2, 0.25) is 5.88 Å². The van der Waals surface area contributed by atoms with Crippen LogP contribution in [0.1, 0.15) is 0 Å². The van der Waals surface area contributed by atoms with Gasteiger partial charge >= 0.3 is 0 Å². The highest BCUT2D eigenvalue weighted by Crippen LogP contribution is 2.39. The van der Waals surface area contributed by atoms with Crippen LogP contribution >= 0.6 is 11.6 Å². The molecule has 0 fully saturated rings. The zero-order valence-electron chi connectivity index (χ0n) is 16.3. The lowest BCUT2D eigenvalue weighted by Gasteiger charge is -2.16. The largest absolute Gasteiger partial charge is 0.495 e. The Balaban J connectivity index is 1.68. The Hall–Kier alpha value is -3.71. The highest BCUT2D eigenvalue weighted by molar-refractivity contribution is 6.32. The van der Waals surface area contributed by atoms with Gasteiger partial charge in [0.25, 0.3) is 0 Å². The van der Waals surface area contributed by atoms with Crippen molar-refractivity contribution < 1.29 is 14.2 Å². The molecule has 3 N–H and O–H groups in total. The lowest BCUT2D eigenvalue weighted by Crippen LogP contribution is -2.04. The number of hydrogen-bond acceptors (Lipinski definition) is 7. The molecule has 3 aromatic carbocycles. The second kappa shape index (κ2) is 8.34. The molecule has 0 aliphatic rings. The lowest BCUT2D eigenvalue weighted by atomic mass is 10.1. The maximum Gasteiger partial charge on any atom is 0.248 e. The van der Waals surface area contributed by atoms with Crippen LogP contribution in [0.3, 0.4) is 0 Å². The van der Waals surface area contributed by atoms with Gasteiger partial charge in [-0.3, -0.25) is 0 Å². The molecule has 0 atom stereocenters. The number of anilines is 3. The highest BCUT2D eigenvalue weighted by atomic mass is 35.5. The average molecular weight is 423 g/mol. The van der Waals surface area contributed by atoms with Crippen molar-refractivity contribution in [3.05, 3.63) is 65.9 Å². The zero-order chi connectivity index (χ0) is 21.1. The first-order chi connectivity index (χ1) is 14.6. The first kappa shape index (κ1) is 19.6. The van der Waals surface area contributed by atoms with Crippen molar-refractivity contribution in [1.29, 1.82) is 0 Å². The first-order valence-electron chi connectivity index (χ1n) is 9.05. The molecule has 0 bridgehead atoms. The number of nitrogen functional groups attached to an aromatic ring is 1. The van der Waals surface area contributed by atoms with E-state index in [1.165, 1.54) is 13.4 Å². The van der Waals surface area contributed by atoms with Crippen LogP contribution in [0.5, 0.6) is 23.1 Å². The van der Waals surface area contributed by atoms with Crippen LogP contribution in [-0.2, 0) is 0 Å². The van der Waals surface area contributed by atoms with Crippen LogP contribution in [0, 0.1) is 0 Å². The van der Waals surface area contributed by atoms with Crippen LogP contribution in [0.25, 0.3) is 10.8 Å². The van der Waals surface area contributed by atoms with E-state index in [2.05, 4.69) is 15.3 Å². The Morgan fingerprint density at radius 3 is 2.47 bits per heavy atom. The molecule has 30 heavy (non-hydrogen) atoms. The standard InChI is InChI=1S/C22H19ClN4O3/c1-28-18-11-19(29-2)16(10-15(18)23)27-21-20(24)22(26-12-25-21)30-17-9-5-7-13-6-3-4-8-14(13)17/h3-12H,24H2,1-2H3,(H,25,26,27). The van der Waals surface area contributed by atoms with E-state index in [-0.39, 0.29) is 11.6 Å². The normalized spacial score (nSPS) is 10.6. The summed E-state index contributed by atoms with van der Waals surface area (Å²) in [4.78, 5) is 8.42. The summed E-state index contributed by atoms with van der Waals surface area (Å²) < 4.78 is 16.7. The number of nitrogens with two attached hydrogens (primary N) is 1. The molecule has 4 rings (SSSR count). The second-order valence-electron chi connectivity index (χ2n) is 6.33. The van der Waals surface area contributed by atoms with Gasteiger partial charge in [-0.25, -0.2) is 4.98 Å². The number of hydrogen-bond donors (Lipinski definition) is 2. The molecule has 4 aromatic rings. The minimum absolute atomic E-state index is 0.238. The van der Waals surface area contributed by atoms with Crippen molar-refractivity contribution >= 4 is 39.6 Å². The van der Waals surface area contributed by atoms with E-state index >= 15 is 0 Å². The van der Waals surface area contributed by atoms with Gasteiger partial charge in [-0.1, -0.05) is 48.0 Å². The summed E-state index contributed by atoms with van der Waals surface area (Å²) in [6.07, 6.45) is 1.37. The molecule has 0 radical (unpaired) electrons. The van der Waals surface area contributed by atoms with Gasteiger partial charge in [-0.15, -0.1) is 0 Å². The highest BCUT2D eigenvalue weighted by Gasteiger charge is 2.15. The molecule has 8 heteroatoms. The number of aromatic nitrogens is 2. The summed E-state index contributed by atoms with van der Waals surface area (Å²) in [5.41, 5.74) is 7.12. The van der Waals surface area contributed by atoms with Gasteiger partial charge in [0, 0.05) is 11.5 Å². The monoisotopic (exact) mass is 422 g/mol. The summed E-state index contributed by atoms with van der Waals surface area (Å²) in [6.45, 7) is 0. The Morgan fingerprint density at radius 1 is 0.900 bits per heavy atom. The quantitative estimate of drug-likeness (QED) is 0.428. The number of halogens is 1. The fraction of sp³-hybridized carbons (Fsp3) is 0.0909. The van der Waals surface area contributed by atoms with E-state index in [4.69, 9.17) is 31.5 Å². The van der Waals surface area contributed by atoms with E-state index in [0.29, 0.717) is 33.8 Å². The van der Waals surface area contributed by atoms with E-state index in [1.54, 1.807) is 19.2 Å². The fourth-order valence-corrected chi connectivity index (χ4v) is 3.28. The number of nitrogens with one attached hydrogen (secondary N) is 1. The molecule has 0 unspecified atom stereocenters. The Labute approximate surface area is 178 Å².